The number of hydrogen-bond donors (Lipinski definition) is 2. The van der Waals surface area contributed by atoms with E-state index in [1.165, 1.54) is 24.3 Å². The van der Waals surface area contributed by atoms with Gasteiger partial charge in [-0.3, -0.25) is 19.6 Å². The summed E-state index contributed by atoms with van der Waals surface area (Å²) in [6, 6.07) is 14.6. The molecular formula is C22H21ClFN5O2. The average Bonchev–Trinajstić information content (AvgIpc) is 3.26. The number of hydrogen-bond acceptors (Lipinski definition) is 4. The van der Waals surface area contributed by atoms with Crippen LogP contribution < -0.4 is 5.32 Å². The zero-order chi connectivity index (χ0) is 21.8. The van der Waals surface area contributed by atoms with Crippen LogP contribution in [0.5, 0.6) is 0 Å². The fraction of sp³-hybridized carbons (Fsp3) is 0.227. The maximum atomic E-state index is 13.0. The van der Waals surface area contributed by atoms with Crippen LogP contribution in [0.25, 0.3) is 11.3 Å². The van der Waals surface area contributed by atoms with E-state index in [4.69, 9.17) is 11.6 Å². The smallest absolute Gasteiger partial charge is 0.271 e. The van der Waals surface area contributed by atoms with E-state index >= 15 is 0 Å². The number of carbonyl (C=O) groups excluding carboxylic acids is 2. The van der Waals surface area contributed by atoms with Gasteiger partial charge in [-0.1, -0.05) is 23.7 Å². The molecule has 0 radical (unpaired) electrons. The average molecular weight is 442 g/mol. The van der Waals surface area contributed by atoms with Gasteiger partial charge in [0.15, 0.2) is 0 Å². The third-order valence-electron chi connectivity index (χ3n) is 5.08. The van der Waals surface area contributed by atoms with E-state index < -0.39 is 0 Å². The summed E-state index contributed by atoms with van der Waals surface area (Å²) in [5.41, 5.74) is 2.45. The third kappa shape index (κ3) is 5.28. The van der Waals surface area contributed by atoms with Crippen LogP contribution in [-0.2, 0) is 4.79 Å². The van der Waals surface area contributed by atoms with Gasteiger partial charge in [0.2, 0.25) is 5.91 Å². The summed E-state index contributed by atoms with van der Waals surface area (Å²) < 4.78 is 13.0. The maximum absolute atomic E-state index is 13.0. The molecule has 1 aromatic heterocycles. The van der Waals surface area contributed by atoms with Crippen molar-refractivity contribution in [2.45, 2.75) is 0 Å². The van der Waals surface area contributed by atoms with Crippen LogP contribution in [0.4, 0.5) is 10.1 Å². The number of anilines is 1. The number of H-pyrrole nitrogens is 1. The van der Waals surface area contributed by atoms with Gasteiger partial charge in [-0.25, -0.2) is 4.39 Å². The minimum absolute atomic E-state index is 0.129. The van der Waals surface area contributed by atoms with Crippen molar-refractivity contribution >= 4 is 29.1 Å². The predicted octanol–water partition coefficient (Wildman–Crippen LogP) is 3.27. The summed E-state index contributed by atoms with van der Waals surface area (Å²) in [5.74, 6) is -0.655. The first-order valence-corrected chi connectivity index (χ1v) is 10.2. The monoisotopic (exact) mass is 441 g/mol. The lowest BCUT2D eigenvalue weighted by Gasteiger charge is -2.34. The lowest BCUT2D eigenvalue weighted by atomic mass is 10.1. The number of rotatable bonds is 5. The van der Waals surface area contributed by atoms with E-state index in [1.54, 1.807) is 23.1 Å². The number of benzene rings is 2. The van der Waals surface area contributed by atoms with Crippen molar-refractivity contribution in [3.8, 4) is 11.3 Å². The van der Waals surface area contributed by atoms with Gasteiger partial charge < -0.3 is 10.2 Å². The Hall–Kier alpha value is -3.23. The van der Waals surface area contributed by atoms with Gasteiger partial charge in [0.1, 0.15) is 11.5 Å². The molecule has 0 unspecified atom stereocenters. The molecule has 2 aromatic carbocycles. The van der Waals surface area contributed by atoms with Gasteiger partial charge in [0, 0.05) is 42.5 Å². The second-order valence-electron chi connectivity index (χ2n) is 7.30. The van der Waals surface area contributed by atoms with Crippen molar-refractivity contribution in [2.75, 3.05) is 38.0 Å². The summed E-state index contributed by atoms with van der Waals surface area (Å²) in [6.07, 6.45) is 0. The van der Waals surface area contributed by atoms with E-state index in [0.717, 1.165) is 5.56 Å². The Labute approximate surface area is 183 Å². The zero-order valence-corrected chi connectivity index (χ0v) is 17.4. The molecular weight excluding hydrogens is 421 g/mol. The fourth-order valence-electron chi connectivity index (χ4n) is 3.44. The fourth-order valence-corrected chi connectivity index (χ4v) is 3.63. The lowest BCUT2D eigenvalue weighted by Crippen LogP contribution is -2.50. The molecule has 1 aliphatic rings. The molecule has 0 aliphatic carbocycles. The van der Waals surface area contributed by atoms with Crippen LogP contribution in [0.2, 0.25) is 5.02 Å². The minimum Gasteiger partial charge on any atom is -0.335 e. The molecule has 31 heavy (non-hydrogen) atoms. The van der Waals surface area contributed by atoms with Gasteiger partial charge in [-0.05, 0) is 42.5 Å². The number of nitrogens with zero attached hydrogens (tertiary/aromatic N) is 3. The standard InChI is InChI=1S/C22H21ClFN5O2/c23-16-3-1-2-15(12-16)19-13-20(27-26-19)22(31)29-10-8-28(9-11-29)14-21(30)25-18-6-4-17(24)5-7-18/h1-7,12-13H,8-11,14H2,(H,25,30)(H,26,27). The van der Waals surface area contributed by atoms with Gasteiger partial charge >= 0.3 is 0 Å². The first-order chi connectivity index (χ1) is 15.0. The quantitative estimate of drug-likeness (QED) is 0.636. The van der Waals surface area contributed by atoms with Crippen LogP contribution in [0.1, 0.15) is 10.5 Å². The Morgan fingerprint density at radius 1 is 1.06 bits per heavy atom. The Morgan fingerprint density at radius 3 is 2.52 bits per heavy atom. The first-order valence-electron chi connectivity index (χ1n) is 9.86. The molecule has 3 aromatic rings. The third-order valence-corrected chi connectivity index (χ3v) is 5.32. The van der Waals surface area contributed by atoms with Crippen LogP contribution in [0.3, 0.4) is 0 Å². The molecule has 1 saturated heterocycles. The molecule has 0 bridgehead atoms. The molecule has 160 valence electrons. The van der Waals surface area contributed by atoms with Crippen molar-refractivity contribution in [1.29, 1.82) is 0 Å². The van der Waals surface area contributed by atoms with Gasteiger partial charge in [-0.2, -0.15) is 5.10 Å². The summed E-state index contributed by atoms with van der Waals surface area (Å²) in [7, 11) is 0. The summed E-state index contributed by atoms with van der Waals surface area (Å²) in [5, 5.41) is 10.4. The Morgan fingerprint density at radius 2 is 1.81 bits per heavy atom. The number of carbonyl (C=O) groups is 2. The molecule has 7 nitrogen and oxygen atoms in total. The summed E-state index contributed by atoms with van der Waals surface area (Å²) >= 11 is 6.03. The Balaban J connectivity index is 1.29. The molecule has 1 fully saturated rings. The number of nitrogens with one attached hydrogen (secondary N) is 2. The highest BCUT2D eigenvalue weighted by Gasteiger charge is 2.24. The molecule has 1 aliphatic heterocycles. The van der Waals surface area contributed by atoms with Gasteiger partial charge in [0.05, 0.1) is 12.2 Å². The van der Waals surface area contributed by atoms with E-state index in [9.17, 15) is 14.0 Å². The second kappa shape index (κ2) is 9.28. The Bertz CT molecular complexity index is 1080. The summed E-state index contributed by atoms with van der Waals surface area (Å²) in [4.78, 5) is 28.7. The molecule has 2 heterocycles. The van der Waals surface area contributed by atoms with E-state index in [0.29, 0.717) is 48.3 Å². The minimum atomic E-state index is -0.351. The lowest BCUT2D eigenvalue weighted by molar-refractivity contribution is -0.117. The molecule has 0 atom stereocenters. The topological polar surface area (TPSA) is 81.3 Å². The highest BCUT2D eigenvalue weighted by molar-refractivity contribution is 6.30. The van der Waals surface area contributed by atoms with Crippen LogP contribution in [0.15, 0.2) is 54.6 Å². The highest BCUT2D eigenvalue weighted by Crippen LogP contribution is 2.22. The highest BCUT2D eigenvalue weighted by atomic mass is 35.5. The van der Waals surface area contributed by atoms with E-state index in [2.05, 4.69) is 15.5 Å². The molecule has 9 heteroatoms. The molecule has 0 spiro atoms. The van der Waals surface area contributed by atoms with Crippen LogP contribution in [0, 0.1) is 5.82 Å². The van der Waals surface area contributed by atoms with Crippen molar-refractivity contribution in [2.24, 2.45) is 0 Å². The Kier molecular flexibility index (Phi) is 6.29. The normalized spacial score (nSPS) is 14.5. The van der Waals surface area contributed by atoms with Crippen molar-refractivity contribution < 1.29 is 14.0 Å². The predicted molar refractivity (Wildman–Crippen MR) is 116 cm³/mol. The maximum Gasteiger partial charge on any atom is 0.271 e. The van der Waals surface area contributed by atoms with Gasteiger partial charge in [0.25, 0.3) is 5.91 Å². The van der Waals surface area contributed by atoms with E-state index in [-0.39, 0.29) is 24.2 Å². The molecule has 4 rings (SSSR count). The largest absolute Gasteiger partial charge is 0.335 e. The number of aromatic nitrogens is 2. The SMILES string of the molecule is O=C(CN1CCN(C(=O)c2cc(-c3cccc(Cl)c3)n[nH]2)CC1)Nc1ccc(F)cc1. The zero-order valence-electron chi connectivity index (χ0n) is 16.6. The van der Waals surface area contributed by atoms with Crippen molar-refractivity contribution in [3.63, 3.8) is 0 Å². The number of amides is 2. The summed E-state index contributed by atoms with van der Waals surface area (Å²) in [6.45, 7) is 2.39. The molecule has 2 amide bonds. The van der Waals surface area contributed by atoms with E-state index in [1.807, 2.05) is 17.0 Å². The first kappa shape index (κ1) is 21.0. The van der Waals surface area contributed by atoms with Crippen LogP contribution >= 0.6 is 11.6 Å². The number of halogens is 2. The number of piperazine rings is 1. The molecule has 0 saturated carbocycles. The number of aromatic amines is 1. The van der Waals surface area contributed by atoms with Crippen LogP contribution in [-0.4, -0.2) is 64.5 Å². The van der Waals surface area contributed by atoms with Crippen molar-refractivity contribution in [1.82, 2.24) is 20.0 Å². The second-order valence-corrected chi connectivity index (χ2v) is 7.74. The van der Waals surface area contributed by atoms with Gasteiger partial charge in [-0.15, -0.1) is 0 Å². The van der Waals surface area contributed by atoms with Crippen molar-refractivity contribution in [3.05, 3.63) is 71.1 Å². The molecule has 2 N–H and O–H groups in total.